The van der Waals surface area contributed by atoms with Gasteiger partial charge in [0.05, 0.1) is 17.3 Å². The number of ether oxygens (including phenoxy) is 1. The Hall–Kier alpha value is -1.77. The fourth-order valence-electron chi connectivity index (χ4n) is 3.34. The maximum absolute atomic E-state index is 10.8. The van der Waals surface area contributed by atoms with Crippen molar-refractivity contribution in [3.8, 4) is 11.8 Å². The van der Waals surface area contributed by atoms with E-state index in [1.54, 1.807) is 12.1 Å². The molecule has 0 radical (unpaired) electrons. The lowest BCUT2D eigenvalue weighted by molar-refractivity contribution is -0.0894. The molecule has 112 valence electrons. The van der Waals surface area contributed by atoms with Crippen LogP contribution in [-0.4, -0.2) is 34.8 Å². The van der Waals surface area contributed by atoms with Crippen LogP contribution in [0.2, 0.25) is 0 Å². The number of anilines is 1. The van der Waals surface area contributed by atoms with E-state index in [-0.39, 0.29) is 6.04 Å². The molecule has 1 fully saturated rings. The van der Waals surface area contributed by atoms with Gasteiger partial charge >= 0.3 is 0 Å². The third-order valence-electron chi connectivity index (χ3n) is 4.54. The first-order valence-electron chi connectivity index (χ1n) is 7.38. The van der Waals surface area contributed by atoms with E-state index < -0.39 is 11.7 Å². The summed E-state index contributed by atoms with van der Waals surface area (Å²) in [6, 6.07) is 5.45. The van der Waals surface area contributed by atoms with Crippen molar-refractivity contribution in [1.29, 1.82) is 5.26 Å². The molecule has 0 aliphatic carbocycles. The molecule has 3 rings (SSSR count). The van der Waals surface area contributed by atoms with Crippen molar-refractivity contribution in [1.82, 2.24) is 4.90 Å². The summed E-state index contributed by atoms with van der Waals surface area (Å²) in [5, 5.41) is 19.9. The van der Waals surface area contributed by atoms with Crippen LogP contribution in [-0.2, 0) is 0 Å². The first-order valence-corrected chi connectivity index (χ1v) is 7.38. The van der Waals surface area contributed by atoms with Crippen LogP contribution in [0.5, 0.6) is 5.75 Å². The molecule has 1 aromatic carbocycles. The standard InChI is InChI=1S/C16H21N3O2/c1-16(2)15(20)14(19-5-3-4-6-19)11-7-10(9-17)12(18)8-13(11)21-16/h7-8,14-15,20H,3-6,18H2,1-2H3. The Morgan fingerprint density at radius 1 is 1.38 bits per heavy atom. The quantitative estimate of drug-likeness (QED) is 0.770. The van der Waals surface area contributed by atoms with Crippen LogP contribution < -0.4 is 10.5 Å². The van der Waals surface area contributed by atoms with Crippen LogP contribution in [0.15, 0.2) is 12.1 Å². The molecule has 2 heterocycles. The minimum atomic E-state index is -0.680. The molecule has 5 nitrogen and oxygen atoms in total. The van der Waals surface area contributed by atoms with Gasteiger partial charge in [-0.1, -0.05) is 0 Å². The Balaban J connectivity index is 2.13. The monoisotopic (exact) mass is 287 g/mol. The maximum Gasteiger partial charge on any atom is 0.131 e. The Bertz CT molecular complexity index is 600. The predicted octanol–water partition coefficient (Wildman–Crippen LogP) is 1.81. The van der Waals surface area contributed by atoms with Crippen molar-refractivity contribution in [2.45, 2.75) is 44.4 Å². The molecular formula is C16H21N3O2. The molecule has 0 saturated carbocycles. The predicted molar refractivity (Wildman–Crippen MR) is 79.8 cm³/mol. The lowest BCUT2D eigenvalue weighted by atomic mass is 9.85. The van der Waals surface area contributed by atoms with Crippen molar-refractivity contribution in [3.05, 3.63) is 23.3 Å². The van der Waals surface area contributed by atoms with E-state index in [1.807, 2.05) is 13.8 Å². The van der Waals surface area contributed by atoms with Gasteiger partial charge in [-0.05, 0) is 45.8 Å². The second-order valence-electron chi connectivity index (χ2n) is 6.43. The second-order valence-corrected chi connectivity index (χ2v) is 6.43. The van der Waals surface area contributed by atoms with Gasteiger partial charge in [-0.3, -0.25) is 4.90 Å². The van der Waals surface area contributed by atoms with E-state index in [1.165, 1.54) is 0 Å². The number of nitrogens with two attached hydrogens (primary N) is 1. The van der Waals surface area contributed by atoms with Gasteiger partial charge in [-0.2, -0.15) is 5.26 Å². The SMILES string of the molecule is CC1(C)Oc2cc(N)c(C#N)cc2C(N2CCCC2)C1O. The number of aliphatic hydroxyl groups is 1. The van der Waals surface area contributed by atoms with Gasteiger partial charge in [0.1, 0.15) is 23.5 Å². The number of likely N-dealkylation sites (tertiary alicyclic amines) is 1. The highest BCUT2D eigenvalue weighted by Crippen LogP contribution is 2.45. The third kappa shape index (κ3) is 2.25. The molecule has 0 bridgehead atoms. The van der Waals surface area contributed by atoms with Gasteiger partial charge in [0, 0.05) is 11.6 Å². The van der Waals surface area contributed by atoms with Crippen LogP contribution in [0.3, 0.4) is 0 Å². The molecule has 2 unspecified atom stereocenters. The minimum absolute atomic E-state index is 0.140. The van der Waals surface area contributed by atoms with E-state index in [4.69, 9.17) is 10.5 Å². The minimum Gasteiger partial charge on any atom is -0.485 e. The van der Waals surface area contributed by atoms with Crippen LogP contribution in [0, 0.1) is 11.3 Å². The van der Waals surface area contributed by atoms with Crippen LogP contribution in [0.1, 0.15) is 43.9 Å². The van der Waals surface area contributed by atoms with E-state index in [9.17, 15) is 10.4 Å². The smallest absolute Gasteiger partial charge is 0.131 e. The highest BCUT2D eigenvalue weighted by molar-refractivity contribution is 5.61. The van der Waals surface area contributed by atoms with Crippen LogP contribution in [0.25, 0.3) is 0 Å². The third-order valence-corrected chi connectivity index (χ3v) is 4.54. The first-order chi connectivity index (χ1) is 9.94. The molecule has 2 atom stereocenters. The molecule has 21 heavy (non-hydrogen) atoms. The van der Waals surface area contributed by atoms with Crippen LogP contribution in [0.4, 0.5) is 5.69 Å². The average Bonchev–Trinajstić information content (AvgIpc) is 2.93. The number of benzene rings is 1. The van der Waals surface area contributed by atoms with Crippen molar-refractivity contribution in [3.63, 3.8) is 0 Å². The molecule has 2 aliphatic rings. The molecule has 5 heteroatoms. The van der Waals surface area contributed by atoms with E-state index >= 15 is 0 Å². The fraction of sp³-hybridized carbons (Fsp3) is 0.562. The summed E-state index contributed by atoms with van der Waals surface area (Å²) in [4.78, 5) is 2.28. The molecule has 0 amide bonds. The zero-order chi connectivity index (χ0) is 15.2. The number of fused-ring (bicyclic) bond motifs is 1. The number of nitrogen functional groups attached to an aromatic ring is 1. The van der Waals surface area contributed by atoms with Gasteiger partial charge in [-0.25, -0.2) is 0 Å². The number of hydrogen-bond acceptors (Lipinski definition) is 5. The number of hydrogen-bond donors (Lipinski definition) is 2. The average molecular weight is 287 g/mol. The number of nitrogens with zero attached hydrogens (tertiary/aromatic N) is 2. The van der Waals surface area contributed by atoms with Crippen LogP contribution >= 0.6 is 0 Å². The molecule has 1 saturated heterocycles. The van der Waals surface area contributed by atoms with E-state index in [2.05, 4.69) is 11.0 Å². The maximum atomic E-state index is 10.8. The molecule has 2 aliphatic heterocycles. The lowest BCUT2D eigenvalue weighted by Crippen LogP contribution is -2.53. The summed E-state index contributed by atoms with van der Waals surface area (Å²) in [6.07, 6.45) is 1.64. The Morgan fingerprint density at radius 3 is 2.67 bits per heavy atom. The van der Waals surface area contributed by atoms with Gasteiger partial charge in [0.15, 0.2) is 0 Å². The normalized spacial score (nSPS) is 27.7. The Labute approximate surface area is 124 Å². The molecule has 0 aromatic heterocycles. The summed E-state index contributed by atoms with van der Waals surface area (Å²) < 4.78 is 5.94. The highest BCUT2D eigenvalue weighted by atomic mass is 16.5. The molecule has 1 aromatic rings. The van der Waals surface area contributed by atoms with Gasteiger partial charge in [0.2, 0.25) is 0 Å². The van der Waals surface area contributed by atoms with Crippen molar-refractivity contribution >= 4 is 5.69 Å². The number of aliphatic hydroxyl groups excluding tert-OH is 1. The zero-order valence-electron chi connectivity index (χ0n) is 12.5. The molecule has 0 spiro atoms. The van der Waals surface area contributed by atoms with E-state index in [0.717, 1.165) is 31.5 Å². The van der Waals surface area contributed by atoms with E-state index in [0.29, 0.717) is 17.0 Å². The van der Waals surface area contributed by atoms with Gasteiger partial charge < -0.3 is 15.6 Å². The number of nitriles is 1. The summed E-state index contributed by atoms with van der Waals surface area (Å²) in [5.74, 6) is 0.679. The van der Waals surface area contributed by atoms with Gasteiger partial charge in [-0.15, -0.1) is 0 Å². The second kappa shape index (κ2) is 4.90. The topological polar surface area (TPSA) is 82.5 Å². The lowest BCUT2D eigenvalue weighted by Gasteiger charge is -2.45. The highest BCUT2D eigenvalue weighted by Gasteiger charge is 2.46. The van der Waals surface area contributed by atoms with Crippen molar-refractivity contribution in [2.75, 3.05) is 18.8 Å². The first kappa shape index (κ1) is 14.2. The molecular weight excluding hydrogens is 266 g/mol. The van der Waals surface area contributed by atoms with Crippen molar-refractivity contribution in [2.24, 2.45) is 0 Å². The summed E-state index contributed by atoms with van der Waals surface area (Å²) in [5.41, 5.74) is 6.95. The number of rotatable bonds is 1. The zero-order valence-corrected chi connectivity index (χ0v) is 12.5. The Kier molecular flexibility index (Phi) is 3.31. The summed E-state index contributed by atoms with van der Waals surface area (Å²) >= 11 is 0. The summed E-state index contributed by atoms with van der Waals surface area (Å²) in [7, 11) is 0. The largest absolute Gasteiger partial charge is 0.485 e. The summed E-state index contributed by atoms with van der Waals surface area (Å²) in [6.45, 7) is 5.70. The molecule has 3 N–H and O–H groups in total. The van der Waals surface area contributed by atoms with Gasteiger partial charge in [0.25, 0.3) is 0 Å². The Morgan fingerprint density at radius 2 is 2.05 bits per heavy atom. The van der Waals surface area contributed by atoms with Crippen molar-refractivity contribution < 1.29 is 9.84 Å². The fourth-order valence-corrected chi connectivity index (χ4v) is 3.34.